The molecule has 3 amide bonds. The van der Waals surface area contributed by atoms with Crippen LogP contribution in [0.5, 0.6) is 0 Å². The molecule has 1 aliphatic heterocycles. The van der Waals surface area contributed by atoms with E-state index in [2.05, 4.69) is 23.8 Å². The number of allylic oxidation sites excluding steroid dienone is 7. The maximum absolute atomic E-state index is 13.7. The van der Waals surface area contributed by atoms with Crippen LogP contribution >= 0.6 is 0 Å². The molecule has 8 nitrogen and oxygen atoms in total. The first-order chi connectivity index (χ1) is 19.5. The highest BCUT2D eigenvalue weighted by Gasteiger charge is 2.33. The van der Waals surface area contributed by atoms with Crippen molar-refractivity contribution >= 4 is 17.9 Å². The van der Waals surface area contributed by atoms with Gasteiger partial charge in [-0.1, -0.05) is 49.1 Å². The summed E-state index contributed by atoms with van der Waals surface area (Å²) in [6.07, 6.45) is 10.3. The van der Waals surface area contributed by atoms with Crippen LogP contribution in [-0.4, -0.2) is 54.6 Å². The average Bonchev–Trinajstić information content (AvgIpc) is 3.18. The number of nitrogens with one attached hydrogen (secondary N) is 2. The van der Waals surface area contributed by atoms with Crippen LogP contribution in [0.15, 0.2) is 96.4 Å². The standard InChI is InChI=1S/C21H22F2N2O.C10H16N2O3/c1-3-19(23)14(2)16-6-4-5-15(7-8-16)13-25-21(26)20(24)17-9-11-18(22)12-10-17;1-4-7(2)12-6-9(15-10(12)14)5-11-8(3)13/h3-5,7-12,20H,1,6,13,24H2,2H3,(H,25,26);4,7,9H,1,5-6H2,2-3H3,(H,11,13)/b19-14-;/t20-;/m1./s1. The molecule has 2 unspecified atom stereocenters. The van der Waals surface area contributed by atoms with Gasteiger partial charge in [-0.3, -0.25) is 14.5 Å². The molecule has 2 aliphatic rings. The van der Waals surface area contributed by atoms with Gasteiger partial charge in [-0.15, -0.1) is 6.58 Å². The van der Waals surface area contributed by atoms with Gasteiger partial charge < -0.3 is 21.1 Å². The minimum atomic E-state index is -0.871. The van der Waals surface area contributed by atoms with Crippen molar-refractivity contribution in [1.29, 1.82) is 0 Å². The zero-order chi connectivity index (χ0) is 30.5. The Kier molecular flexibility index (Phi) is 12.9. The van der Waals surface area contributed by atoms with Crippen molar-refractivity contribution in [2.45, 2.75) is 45.4 Å². The molecule has 0 saturated carbocycles. The first-order valence-electron chi connectivity index (χ1n) is 13.1. The van der Waals surface area contributed by atoms with Crippen LogP contribution in [0.3, 0.4) is 0 Å². The number of carbonyl (C=O) groups excluding carboxylic acids is 3. The molecule has 220 valence electrons. The Morgan fingerprint density at radius 2 is 1.88 bits per heavy atom. The highest BCUT2D eigenvalue weighted by atomic mass is 19.1. The predicted octanol–water partition coefficient (Wildman–Crippen LogP) is 4.70. The number of amides is 3. The van der Waals surface area contributed by atoms with Crippen LogP contribution in [0.25, 0.3) is 0 Å². The van der Waals surface area contributed by atoms with Crippen LogP contribution < -0.4 is 16.4 Å². The molecule has 0 spiro atoms. The highest BCUT2D eigenvalue weighted by Crippen LogP contribution is 2.22. The van der Waals surface area contributed by atoms with E-state index in [9.17, 15) is 23.2 Å². The van der Waals surface area contributed by atoms with Crippen molar-refractivity contribution in [3.63, 3.8) is 0 Å². The molecular weight excluding hydrogens is 530 g/mol. The van der Waals surface area contributed by atoms with Gasteiger partial charge in [0.15, 0.2) is 0 Å². The first kappa shape index (κ1) is 32.9. The molecule has 3 rings (SSSR count). The Morgan fingerprint density at radius 3 is 2.49 bits per heavy atom. The highest BCUT2D eigenvalue weighted by molar-refractivity contribution is 5.83. The number of hydrogen-bond donors (Lipinski definition) is 3. The van der Waals surface area contributed by atoms with Gasteiger partial charge in [0.25, 0.3) is 0 Å². The van der Waals surface area contributed by atoms with Crippen molar-refractivity contribution in [1.82, 2.24) is 15.5 Å². The summed E-state index contributed by atoms with van der Waals surface area (Å²) in [7, 11) is 0. The molecule has 1 aromatic rings. The van der Waals surface area contributed by atoms with Gasteiger partial charge in [-0.05, 0) is 60.8 Å². The molecule has 41 heavy (non-hydrogen) atoms. The van der Waals surface area contributed by atoms with Crippen LogP contribution in [0, 0.1) is 5.82 Å². The summed E-state index contributed by atoms with van der Waals surface area (Å²) in [5.74, 6) is -1.20. The number of nitrogens with two attached hydrogens (primary N) is 1. The summed E-state index contributed by atoms with van der Waals surface area (Å²) >= 11 is 0. The molecule has 0 aromatic heterocycles. The fraction of sp³-hybridized carbons (Fsp3) is 0.323. The van der Waals surface area contributed by atoms with Crippen LogP contribution in [0.2, 0.25) is 0 Å². The van der Waals surface area contributed by atoms with Gasteiger partial charge in [-0.25, -0.2) is 13.6 Å². The minimum absolute atomic E-state index is 0.0418. The third-order valence-electron chi connectivity index (χ3n) is 6.48. The first-order valence-corrected chi connectivity index (χ1v) is 13.1. The van der Waals surface area contributed by atoms with Crippen molar-refractivity contribution in [2.24, 2.45) is 5.73 Å². The molecule has 1 saturated heterocycles. The summed E-state index contributed by atoms with van der Waals surface area (Å²) < 4.78 is 31.7. The lowest BCUT2D eigenvalue weighted by molar-refractivity contribution is -0.122. The predicted molar refractivity (Wildman–Crippen MR) is 156 cm³/mol. The number of rotatable bonds is 10. The maximum atomic E-state index is 13.7. The van der Waals surface area contributed by atoms with E-state index in [0.717, 1.165) is 11.1 Å². The monoisotopic (exact) mass is 568 g/mol. The smallest absolute Gasteiger partial charge is 0.410 e. The molecule has 10 heteroatoms. The molecule has 1 aliphatic carbocycles. The van der Waals surface area contributed by atoms with Crippen LogP contribution in [0.4, 0.5) is 13.6 Å². The second-order valence-corrected chi connectivity index (χ2v) is 9.54. The van der Waals surface area contributed by atoms with Gasteiger partial charge >= 0.3 is 6.09 Å². The Labute approximate surface area is 240 Å². The Hall–Kier alpha value is -4.31. The zero-order valence-corrected chi connectivity index (χ0v) is 23.7. The molecule has 1 heterocycles. The average molecular weight is 569 g/mol. The van der Waals surface area contributed by atoms with Crippen molar-refractivity contribution in [3.05, 3.63) is 108 Å². The summed E-state index contributed by atoms with van der Waals surface area (Å²) in [6.45, 7) is 13.2. The van der Waals surface area contributed by atoms with Crippen molar-refractivity contribution in [3.8, 4) is 0 Å². The van der Waals surface area contributed by atoms with E-state index >= 15 is 0 Å². The van der Waals surface area contributed by atoms with Crippen LogP contribution in [-0.2, 0) is 14.3 Å². The zero-order valence-electron chi connectivity index (χ0n) is 23.7. The number of hydrogen-bond acceptors (Lipinski definition) is 5. The summed E-state index contributed by atoms with van der Waals surface area (Å²) in [4.78, 5) is 35.8. The van der Waals surface area contributed by atoms with E-state index in [1.807, 2.05) is 31.2 Å². The quantitative estimate of drug-likeness (QED) is 0.280. The van der Waals surface area contributed by atoms with Gasteiger partial charge in [0, 0.05) is 13.5 Å². The molecule has 0 bridgehead atoms. The fourth-order valence-corrected chi connectivity index (χ4v) is 3.86. The maximum Gasteiger partial charge on any atom is 0.410 e. The molecule has 3 atom stereocenters. The van der Waals surface area contributed by atoms with Gasteiger partial charge in [0.1, 0.15) is 23.8 Å². The van der Waals surface area contributed by atoms with E-state index in [0.29, 0.717) is 37.2 Å². The summed E-state index contributed by atoms with van der Waals surface area (Å²) in [5.41, 5.74) is 8.71. The summed E-state index contributed by atoms with van der Waals surface area (Å²) in [5, 5.41) is 5.38. The number of nitrogens with zero attached hydrogens (tertiary/aromatic N) is 1. The van der Waals surface area contributed by atoms with Gasteiger partial charge in [0.2, 0.25) is 11.8 Å². The third kappa shape index (κ3) is 10.3. The molecule has 1 aromatic carbocycles. The minimum Gasteiger partial charge on any atom is -0.442 e. The second-order valence-electron chi connectivity index (χ2n) is 9.54. The lowest BCUT2D eigenvalue weighted by atomic mass is 10.0. The van der Waals surface area contributed by atoms with Crippen LogP contribution in [0.1, 0.15) is 38.8 Å². The molecule has 1 fully saturated rings. The summed E-state index contributed by atoms with van der Waals surface area (Å²) in [6, 6.07) is 4.60. The topological polar surface area (TPSA) is 114 Å². The Morgan fingerprint density at radius 1 is 1.20 bits per heavy atom. The number of halogens is 2. The van der Waals surface area contributed by atoms with E-state index in [1.165, 1.54) is 37.3 Å². The Bertz CT molecular complexity index is 1250. The lowest BCUT2D eigenvalue weighted by Gasteiger charge is -2.17. The van der Waals surface area contributed by atoms with E-state index < -0.39 is 6.04 Å². The van der Waals surface area contributed by atoms with Gasteiger partial charge in [-0.2, -0.15) is 0 Å². The number of cyclic esters (lactones) is 1. The SMILES string of the molecule is C=C/C(F)=C(\C)C1=CC=C(CNC(=O)[C@H](N)c2ccc(F)cc2)C=CC1.C=CC(C)N1CC(CNC(C)=O)OC1=O. The van der Waals surface area contributed by atoms with E-state index in [1.54, 1.807) is 17.9 Å². The number of ether oxygens (including phenoxy) is 1. The second kappa shape index (κ2) is 16.1. The third-order valence-corrected chi connectivity index (χ3v) is 6.48. The Balaban J connectivity index is 0.000000333. The van der Waals surface area contributed by atoms with Crippen molar-refractivity contribution < 1.29 is 27.9 Å². The molecule has 4 N–H and O–H groups in total. The largest absolute Gasteiger partial charge is 0.442 e. The van der Waals surface area contributed by atoms with Gasteiger partial charge in [0.05, 0.1) is 19.1 Å². The van der Waals surface area contributed by atoms with Crippen molar-refractivity contribution in [2.75, 3.05) is 19.6 Å². The van der Waals surface area contributed by atoms with E-state index in [-0.39, 0.29) is 41.7 Å². The lowest BCUT2D eigenvalue weighted by Crippen LogP contribution is -2.35. The number of benzene rings is 1. The fourth-order valence-electron chi connectivity index (χ4n) is 3.86. The normalized spacial score (nSPS) is 18.2. The number of carbonyl (C=O) groups is 3. The molecule has 0 radical (unpaired) electrons. The molecular formula is C31H38F2N4O4. The van der Waals surface area contributed by atoms with E-state index in [4.69, 9.17) is 10.5 Å².